The molecule has 1 atom stereocenters. The van der Waals surface area contributed by atoms with Crippen molar-refractivity contribution in [3.63, 3.8) is 0 Å². The third-order valence-electron chi connectivity index (χ3n) is 10.3. The van der Waals surface area contributed by atoms with Crippen LogP contribution in [0.25, 0.3) is 22.3 Å². The van der Waals surface area contributed by atoms with Gasteiger partial charge in [-0.2, -0.15) is 10.5 Å². The molecular formula is C47H55InN8O3. The zero-order valence-corrected chi connectivity index (χ0v) is 37.6. The molecular weight excluding hydrogens is 839 g/mol. The van der Waals surface area contributed by atoms with E-state index in [-0.39, 0.29) is 65.2 Å². The molecule has 59 heavy (non-hydrogen) atoms. The third kappa shape index (κ3) is 10.9. The molecule has 4 radical (unpaired) electrons. The summed E-state index contributed by atoms with van der Waals surface area (Å²) in [6.45, 7) is 11.7. The second-order valence-corrected chi connectivity index (χ2v) is 14.4. The van der Waals surface area contributed by atoms with Gasteiger partial charge in [-0.05, 0) is 71.2 Å². The maximum absolute atomic E-state index is 13.9. The van der Waals surface area contributed by atoms with Crippen LogP contribution in [0.5, 0.6) is 0 Å². The van der Waals surface area contributed by atoms with E-state index in [1.165, 1.54) is 40.5 Å². The summed E-state index contributed by atoms with van der Waals surface area (Å²) in [6, 6.07) is 33.8. The Labute approximate surface area is 369 Å². The van der Waals surface area contributed by atoms with E-state index in [9.17, 15) is 9.59 Å². The van der Waals surface area contributed by atoms with Crippen LogP contribution in [-0.4, -0.2) is 86.3 Å². The van der Waals surface area contributed by atoms with Crippen LogP contribution in [0.2, 0.25) is 0 Å². The van der Waals surface area contributed by atoms with Gasteiger partial charge in [0.25, 0.3) is 5.91 Å². The summed E-state index contributed by atoms with van der Waals surface area (Å²) >= 11 is 0. The molecule has 12 heteroatoms. The number of ether oxygens (including phenoxy) is 1. The number of amides is 2. The van der Waals surface area contributed by atoms with Crippen molar-refractivity contribution < 1.29 is 17.2 Å². The standard InChI is InChI=1S/C32H37N8O3.C15H14.In.2H2/c1-6-21(2)17-34-20-39(5)31(38-37-30(41)24-15-16-24)40(18-22(3)35-36-23(4)33)32(42)43-19-29-27-13-9-7-11-25(27)26-12-8-10-14-28(26)29;1-2-11-12-7-3-5-9-14(12)15-10-6-4-8-13(11)15;;;/h7-17,20,29,31,33,38H,3,6,18-19H2,1-2,4-5H3,(H,37,41);3-11H,2H2,1H3;;2*1H/b21-17+,33-23?,34-20?,36-35?;;;;. The monoisotopic (exact) mass is 894 g/mol. The molecule has 4 aromatic carbocycles. The van der Waals surface area contributed by atoms with E-state index in [0.717, 1.165) is 34.2 Å². The van der Waals surface area contributed by atoms with E-state index in [4.69, 9.17) is 10.1 Å². The van der Waals surface area contributed by atoms with Gasteiger partial charge in [0.05, 0.1) is 18.6 Å². The second kappa shape index (κ2) is 20.9. The molecule has 4 aromatic rings. The van der Waals surface area contributed by atoms with Crippen molar-refractivity contribution in [1.82, 2.24) is 20.7 Å². The maximum Gasteiger partial charge on any atom is 0.412 e. The molecule has 3 aliphatic carbocycles. The van der Waals surface area contributed by atoms with Gasteiger partial charge in [-0.3, -0.25) is 20.5 Å². The summed E-state index contributed by atoms with van der Waals surface area (Å²) in [5, 5.41) is 15.3. The molecule has 304 valence electrons. The Kier molecular flexibility index (Phi) is 15.8. The molecule has 3 N–H and O–H groups in total. The number of nitrogens with one attached hydrogen (secondary N) is 3. The van der Waals surface area contributed by atoms with Crippen molar-refractivity contribution in [3.8, 4) is 22.3 Å². The molecule has 0 saturated carbocycles. The molecule has 0 aliphatic heterocycles. The Morgan fingerprint density at radius 3 is 1.80 bits per heavy atom. The second-order valence-electron chi connectivity index (χ2n) is 14.4. The van der Waals surface area contributed by atoms with Gasteiger partial charge in [-0.15, -0.1) is 5.11 Å². The molecule has 2 amide bonds. The number of aliphatic imine (C=N–C) groups is 1. The first-order chi connectivity index (χ1) is 28.1. The Hall–Kier alpha value is -5.59. The van der Waals surface area contributed by atoms with Gasteiger partial charge in [0.1, 0.15) is 12.4 Å². The molecule has 0 fully saturated rings. The van der Waals surface area contributed by atoms with Crippen molar-refractivity contribution >= 4 is 50.0 Å². The fourth-order valence-electron chi connectivity index (χ4n) is 7.22. The number of hydrazine groups is 1. The largest absolute Gasteiger partial charge is 0.448 e. The predicted octanol–water partition coefficient (Wildman–Crippen LogP) is 9.84. The van der Waals surface area contributed by atoms with E-state index in [2.05, 4.69) is 100 Å². The average molecular weight is 895 g/mol. The van der Waals surface area contributed by atoms with Crippen molar-refractivity contribution in [2.75, 3.05) is 20.2 Å². The normalized spacial score (nSPS) is 14.1. The number of hydrogen-bond acceptors (Lipinski definition) is 7. The topological polar surface area (TPSA) is 135 Å². The number of hydrogen-bond donors (Lipinski definition) is 3. The first-order valence-corrected chi connectivity index (χ1v) is 19.6. The Balaban J connectivity index is 0.000000461. The number of amidine groups is 1. The third-order valence-corrected chi connectivity index (χ3v) is 10.3. The number of carbonyl (C=O) groups is 2. The van der Waals surface area contributed by atoms with Crippen LogP contribution in [0.3, 0.4) is 0 Å². The van der Waals surface area contributed by atoms with Gasteiger partial charge >= 0.3 is 6.09 Å². The zero-order chi connectivity index (χ0) is 41.2. The van der Waals surface area contributed by atoms with Gasteiger partial charge in [-0.25, -0.2) is 9.79 Å². The van der Waals surface area contributed by atoms with E-state index in [1.807, 2.05) is 50.2 Å². The molecule has 11 nitrogen and oxygen atoms in total. The number of benzene rings is 4. The van der Waals surface area contributed by atoms with Crippen LogP contribution >= 0.6 is 0 Å². The number of carbonyl (C=O) groups excluding carboxylic acids is 2. The molecule has 0 aromatic heterocycles. The number of allylic oxidation sites excluding steroid dienone is 2. The first kappa shape index (κ1) is 44.5. The van der Waals surface area contributed by atoms with Crippen LogP contribution in [-0.2, 0) is 9.53 Å². The van der Waals surface area contributed by atoms with Gasteiger partial charge in [0, 0.05) is 65.8 Å². The predicted molar refractivity (Wildman–Crippen MR) is 241 cm³/mol. The molecule has 0 saturated heterocycles. The van der Waals surface area contributed by atoms with Gasteiger partial charge in [-0.1, -0.05) is 129 Å². The van der Waals surface area contributed by atoms with E-state index >= 15 is 0 Å². The van der Waals surface area contributed by atoms with Crippen molar-refractivity contribution in [3.05, 3.63) is 161 Å². The minimum absolute atomic E-state index is 0. The smallest absolute Gasteiger partial charge is 0.412 e. The molecule has 7 rings (SSSR count). The van der Waals surface area contributed by atoms with Gasteiger partial charge in [0.15, 0.2) is 6.29 Å². The van der Waals surface area contributed by atoms with Crippen molar-refractivity contribution in [2.45, 2.75) is 58.7 Å². The minimum atomic E-state index is -0.953. The maximum atomic E-state index is 13.9. The molecule has 0 heterocycles. The number of rotatable bonds is 14. The summed E-state index contributed by atoms with van der Waals surface area (Å²) in [4.78, 5) is 33.6. The number of fused-ring (bicyclic) bond motifs is 6. The van der Waals surface area contributed by atoms with Crippen LogP contribution in [0.15, 0.2) is 148 Å². The first-order valence-electron chi connectivity index (χ1n) is 19.6. The van der Waals surface area contributed by atoms with Gasteiger partial charge in [0.2, 0.25) is 0 Å². The molecule has 3 aliphatic rings. The van der Waals surface area contributed by atoms with Crippen LogP contribution in [0.4, 0.5) is 4.79 Å². The number of nitrogens with zero attached hydrogens (tertiary/aromatic N) is 5. The van der Waals surface area contributed by atoms with E-state index in [1.54, 1.807) is 37.0 Å². The van der Waals surface area contributed by atoms with E-state index < -0.39 is 12.4 Å². The Morgan fingerprint density at radius 1 is 0.847 bits per heavy atom. The minimum Gasteiger partial charge on any atom is -0.448 e. The fraction of sp³-hybridized carbons (Fsp3) is 0.255. The summed E-state index contributed by atoms with van der Waals surface area (Å²) < 4.78 is 5.96. The van der Waals surface area contributed by atoms with Crippen LogP contribution < -0.4 is 10.9 Å². The fourth-order valence-corrected chi connectivity index (χ4v) is 7.22. The summed E-state index contributed by atoms with van der Waals surface area (Å²) in [7, 11) is 1.71. The molecule has 0 spiro atoms. The van der Waals surface area contributed by atoms with Crippen LogP contribution in [0, 0.1) is 11.8 Å². The average Bonchev–Trinajstić information content (AvgIpc) is 3.98. The van der Waals surface area contributed by atoms with Crippen LogP contribution in [0.1, 0.15) is 77.5 Å². The number of azo groups is 1. The Morgan fingerprint density at radius 2 is 1.34 bits per heavy atom. The molecule has 0 bridgehead atoms. The Bertz CT molecular complexity index is 2220. The summed E-state index contributed by atoms with van der Waals surface area (Å²) in [5.41, 5.74) is 17.6. The quantitative estimate of drug-likeness (QED) is 0.0381. The molecule has 1 unspecified atom stereocenters. The van der Waals surface area contributed by atoms with Gasteiger partial charge < -0.3 is 9.64 Å². The van der Waals surface area contributed by atoms with Crippen molar-refractivity contribution in [1.29, 1.82) is 5.41 Å². The SMILES string of the molecule is C=C(CN(C(=O)OCC1c2ccccc2-c2ccccc21)C(NNC(=O)C1=C[CH]1)N(C)C=N/C=C(\C)CC)N=NC(C)=N.CCC1c2ccccc2-c2ccccc21.[HH].[HH].[In]. The summed E-state index contributed by atoms with van der Waals surface area (Å²) in [6.07, 6.45) is 7.04. The van der Waals surface area contributed by atoms with E-state index in [0.29, 0.717) is 11.5 Å². The van der Waals surface area contributed by atoms with Crippen molar-refractivity contribution in [2.24, 2.45) is 15.2 Å². The summed E-state index contributed by atoms with van der Waals surface area (Å²) in [5.74, 6) is 0.110. The zero-order valence-electron chi connectivity index (χ0n) is 34.4.